The van der Waals surface area contributed by atoms with E-state index in [1.807, 2.05) is 42.5 Å². The minimum Gasteiger partial charge on any atom is -0.374 e. The van der Waals surface area contributed by atoms with E-state index in [0.717, 1.165) is 16.5 Å². The molecule has 0 aliphatic carbocycles. The second kappa shape index (κ2) is 6.71. The molecule has 4 heteroatoms. The van der Waals surface area contributed by atoms with E-state index in [1.165, 1.54) is 6.07 Å². The van der Waals surface area contributed by atoms with E-state index in [2.05, 4.69) is 10.6 Å². The van der Waals surface area contributed by atoms with Gasteiger partial charge in [-0.05, 0) is 43.0 Å². The summed E-state index contributed by atoms with van der Waals surface area (Å²) in [6, 6.07) is 18.0. The van der Waals surface area contributed by atoms with Crippen molar-refractivity contribution in [1.29, 1.82) is 0 Å². The Labute approximate surface area is 140 Å². The first-order chi connectivity index (χ1) is 11.5. The fourth-order valence-electron chi connectivity index (χ4n) is 2.57. The van der Waals surface area contributed by atoms with E-state index in [1.54, 1.807) is 26.0 Å². The van der Waals surface area contributed by atoms with Gasteiger partial charge >= 0.3 is 0 Å². The van der Waals surface area contributed by atoms with E-state index >= 15 is 0 Å². The van der Waals surface area contributed by atoms with Gasteiger partial charge in [0.05, 0.1) is 0 Å². The maximum Gasteiger partial charge on any atom is 0.246 e. The third-order valence-electron chi connectivity index (χ3n) is 4.00. The highest BCUT2D eigenvalue weighted by Crippen LogP contribution is 2.23. The minimum absolute atomic E-state index is 0.174. The Morgan fingerprint density at radius 3 is 2.58 bits per heavy atom. The van der Waals surface area contributed by atoms with Gasteiger partial charge in [0.25, 0.3) is 0 Å². The average molecular weight is 322 g/mol. The Bertz CT molecular complexity index is 886. The molecule has 0 aliphatic rings. The molecule has 3 nitrogen and oxygen atoms in total. The molecule has 122 valence electrons. The largest absolute Gasteiger partial charge is 0.374 e. The number of rotatable bonds is 4. The lowest BCUT2D eigenvalue weighted by Crippen LogP contribution is -2.31. The third-order valence-corrected chi connectivity index (χ3v) is 4.00. The van der Waals surface area contributed by atoms with Gasteiger partial charge in [0.15, 0.2) is 0 Å². The minimum atomic E-state index is -0.494. The highest BCUT2D eigenvalue weighted by Gasteiger charge is 2.14. The van der Waals surface area contributed by atoms with Crippen molar-refractivity contribution in [2.24, 2.45) is 0 Å². The van der Waals surface area contributed by atoms with Crippen molar-refractivity contribution in [3.05, 3.63) is 72.0 Å². The Hall–Kier alpha value is -2.88. The van der Waals surface area contributed by atoms with Crippen LogP contribution in [-0.4, -0.2) is 11.9 Å². The topological polar surface area (TPSA) is 41.1 Å². The quantitative estimate of drug-likeness (QED) is 0.729. The number of hydrogen-bond donors (Lipinski definition) is 2. The van der Waals surface area contributed by atoms with Crippen molar-refractivity contribution >= 4 is 28.1 Å². The molecule has 3 rings (SSSR count). The Kier molecular flexibility index (Phi) is 4.47. The monoisotopic (exact) mass is 322 g/mol. The predicted octanol–water partition coefficient (Wildman–Crippen LogP) is 4.73. The van der Waals surface area contributed by atoms with Gasteiger partial charge in [-0.2, -0.15) is 0 Å². The molecule has 0 saturated carbocycles. The lowest BCUT2D eigenvalue weighted by molar-refractivity contribution is -0.116. The van der Waals surface area contributed by atoms with Crippen molar-refractivity contribution < 1.29 is 9.18 Å². The van der Waals surface area contributed by atoms with Crippen LogP contribution in [0.5, 0.6) is 0 Å². The number of halogens is 1. The van der Waals surface area contributed by atoms with Gasteiger partial charge in [-0.15, -0.1) is 0 Å². The predicted molar refractivity (Wildman–Crippen MR) is 96.8 cm³/mol. The number of carbonyl (C=O) groups is 1. The highest BCUT2D eigenvalue weighted by molar-refractivity contribution is 6.04. The lowest BCUT2D eigenvalue weighted by Gasteiger charge is -2.16. The normalized spacial score (nSPS) is 12.0. The molecular weight excluding hydrogens is 303 g/mol. The van der Waals surface area contributed by atoms with Gasteiger partial charge in [0.2, 0.25) is 5.91 Å². The zero-order chi connectivity index (χ0) is 17.1. The summed E-state index contributed by atoms with van der Waals surface area (Å²) in [6.07, 6.45) is 0. The highest BCUT2D eigenvalue weighted by atomic mass is 19.1. The van der Waals surface area contributed by atoms with Gasteiger partial charge < -0.3 is 10.6 Å². The fraction of sp³-hybridized carbons (Fsp3) is 0.150. The first-order valence-corrected chi connectivity index (χ1v) is 7.86. The first kappa shape index (κ1) is 16.0. The molecule has 0 aromatic heterocycles. The van der Waals surface area contributed by atoms with Gasteiger partial charge in [0.1, 0.15) is 11.9 Å². The van der Waals surface area contributed by atoms with E-state index in [4.69, 9.17) is 0 Å². The summed E-state index contributed by atoms with van der Waals surface area (Å²) in [5.74, 6) is -0.464. The van der Waals surface area contributed by atoms with Crippen molar-refractivity contribution in [1.82, 2.24) is 0 Å². The molecule has 0 heterocycles. The van der Waals surface area contributed by atoms with Crippen LogP contribution in [-0.2, 0) is 4.79 Å². The fourth-order valence-corrected chi connectivity index (χ4v) is 2.57. The summed E-state index contributed by atoms with van der Waals surface area (Å²) >= 11 is 0. The van der Waals surface area contributed by atoms with Crippen molar-refractivity contribution in [2.75, 3.05) is 10.6 Å². The second-order valence-electron chi connectivity index (χ2n) is 5.85. The van der Waals surface area contributed by atoms with Gasteiger partial charge in [-0.25, -0.2) is 4.39 Å². The molecular formula is C20H19FN2O. The van der Waals surface area contributed by atoms with Crippen LogP contribution < -0.4 is 10.6 Å². The number of aryl methyl sites for hydroxylation is 1. The van der Waals surface area contributed by atoms with Gasteiger partial charge in [0, 0.05) is 16.8 Å². The van der Waals surface area contributed by atoms with Gasteiger partial charge in [-0.1, -0.05) is 42.5 Å². The summed E-state index contributed by atoms with van der Waals surface area (Å²) in [6.45, 7) is 3.45. The smallest absolute Gasteiger partial charge is 0.246 e. The molecule has 0 aliphatic heterocycles. The van der Waals surface area contributed by atoms with Crippen LogP contribution >= 0.6 is 0 Å². The molecule has 1 amide bonds. The van der Waals surface area contributed by atoms with Crippen LogP contribution in [0.4, 0.5) is 15.8 Å². The molecule has 0 saturated heterocycles. The summed E-state index contributed by atoms with van der Waals surface area (Å²) in [5, 5.41) is 8.02. The van der Waals surface area contributed by atoms with Gasteiger partial charge in [-0.3, -0.25) is 4.79 Å². The summed E-state index contributed by atoms with van der Waals surface area (Å²) in [5.41, 5.74) is 1.92. The zero-order valence-electron chi connectivity index (χ0n) is 13.6. The number of nitrogens with one attached hydrogen (secondary N) is 2. The van der Waals surface area contributed by atoms with Crippen LogP contribution in [0.3, 0.4) is 0 Å². The second-order valence-corrected chi connectivity index (χ2v) is 5.85. The number of carbonyl (C=O) groups excluding carboxylic acids is 1. The third kappa shape index (κ3) is 3.38. The molecule has 0 spiro atoms. The van der Waals surface area contributed by atoms with E-state index in [-0.39, 0.29) is 11.7 Å². The maximum atomic E-state index is 13.6. The summed E-state index contributed by atoms with van der Waals surface area (Å²) < 4.78 is 13.6. The molecule has 2 N–H and O–H groups in total. The number of anilines is 2. The number of benzene rings is 3. The van der Waals surface area contributed by atoms with E-state index in [0.29, 0.717) is 11.3 Å². The molecule has 1 unspecified atom stereocenters. The average Bonchev–Trinajstić information content (AvgIpc) is 2.58. The Balaban J connectivity index is 1.75. The zero-order valence-corrected chi connectivity index (χ0v) is 13.6. The van der Waals surface area contributed by atoms with Crippen molar-refractivity contribution in [2.45, 2.75) is 19.9 Å². The molecule has 3 aromatic carbocycles. The molecule has 0 fully saturated rings. The van der Waals surface area contributed by atoms with Crippen LogP contribution in [0.1, 0.15) is 12.5 Å². The first-order valence-electron chi connectivity index (χ1n) is 7.86. The van der Waals surface area contributed by atoms with E-state index in [9.17, 15) is 9.18 Å². The van der Waals surface area contributed by atoms with Crippen LogP contribution in [0, 0.1) is 12.7 Å². The lowest BCUT2D eigenvalue weighted by atomic mass is 10.1. The molecule has 0 bridgehead atoms. The summed E-state index contributed by atoms with van der Waals surface area (Å²) in [4.78, 5) is 12.4. The van der Waals surface area contributed by atoms with Crippen LogP contribution in [0.15, 0.2) is 60.7 Å². The van der Waals surface area contributed by atoms with Crippen LogP contribution in [0.25, 0.3) is 10.8 Å². The van der Waals surface area contributed by atoms with Crippen LogP contribution in [0.2, 0.25) is 0 Å². The van der Waals surface area contributed by atoms with Crippen molar-refractivity contribution in [3.63, 3.8) is 0 Å². The number of fused-ring (bicyclic) bond motifs is 1. The van der Waals surface area contributed by atoms with E-state index < -0.39 is 6.04 Å². The Morgan fingerprint density at radius 1 is 1.04 bits per heavy atom. The summed E-state index contributed by atoms with van der Waals surface area (Å²) in [7, 11) is 0. The SMILES string of the molecule is Cc1ccc(NC(C)C(=O)Nc2cccc3ccccc23)cc1F. The standard InChI is InChI=1S/C20H19FN2O/c1-13-10-11-16(12-18(13)21)22-14(2)20(24)23-19-9-5-7-15-6-3-4-8-17(15)19/h3-12,14,22H,1-2H3,(H,23,24). The number of hydrogen-bond acceptors (Lipinski definition) is 2. The molecule has 3 aromatic rings. The molecule has 24 heavy (non-hydrogen) atoms. The molecule has 1 atom stereocenters. The van der Waals surface area contributed by atoms with Crippen molar-refractivity contribution in [3.8, 4) is 0 Å². The maximum absolute atomic E-state index is 13.6. The Morgan fingerprint density at radius 2 is 1.79 bits per heavy atom. The number of amides is 1. The molecule has 0 radical (unpaired) electrons.